The van der Waals surface area contributed by atoms with Gasteiger partial charge in [0.15, 0.2) is 11.5 Å². The fourth-order valence-corrected chi connectivity index (χ4v) is 2.95. The van der Waals surface area contributed by atoms with Crippen molar-refractivity contribution in [3.63, 3.8) is 0 Å². The number of aryl methyl sites for hydroxylation is 1. The first-order valence-electron chi connectivity index (χ1n) is 8.43. The van der Waals surface area contributed by atoms with Crippen LogP contribution in [0.25, 0.3) is 0 Å². The van der Waals surface area contributed by atoms with E-state index < -0.39 is 12.0 Å². The van der Waals surface area contributed by atoms with Gasteiger partial charge >= 0.3 is 0 Å². The fourth-order valence-electron chi connectivity index (χ4n) is 2.57. The third-order valence-corrected chi connectivity index (χ3v) is 4.85. The second-order valence-electron chi connectivity index (χ2n) is 5.91. The van der Waals surface area contributed by atoms with E-state index in [1.165, 1.54) is 7.11 Å². The molecule has 0 saturated heterocycles. The molecule has 0 aromatic heterocycles. The van der Waals surface area contributed by atoms with E-state index in [1.807, 2.05) is 19.9 Å². The highest BCUT2D eigenvalue weighted by Gasteiger charge is 2.19. The number of carboxylic acid groups (broad SMARTS) is 1. The van der Waals surface area contributed by atoms with Crippen molar-refractivity contribution >= 4 is 27.8 Å². The molecule has 1 atom stereocenters. The van der Waals surface area contributed by atoms with Crippen LogP contribution in [0.15, 0.2) is 40.9 Å². The second kappa shape index (κ2) is 9.41. The number of ether oxygens (including phenoxy) is 2. The van der Waals surface area contributed by atoms with E-state index in [2.05, 4.69) is 21.2 Å². The zero-order valence-corrected chi connectivity index (χ0v) is 17.0. The van der Waals surface area contributed by atoms with Crippen molar-refractivity contribution in [1.29, 1.82) is 0 Å². The lowest BCUT2D eigenvalue weighted by Crippen LogP contribution is -2.34. The molecule has 0 aliphatic heterocycles. The van der Waals surface area contributed by atoms with E-state index in [0.717, 1.165) is 10.0 Å². The average Bonchev–Trinajstić information content (AvgIpc) is 2.63. The molecule has 0 aliphatic rings. The lowest BCUT2D eigenvalue weighted by atomic mass is 10.0. The summed E-state index contributed by atoms with van der Waals surface area (Å²) < 4.78 is 11.6. The van der Waals surface area contributed by atoms with E-state index >= 15 is 0 Å². The predicted octanol–water partition coefficient (Wildman–Crippen LogP) is 2.78. The third kappa shape index (κ3) is 5.47. The van der Waals surface area contributed by atoms with Gasteiger partial charge in [-0.05, 0) is 49.2 Å². The quantitative estimate of drug-likeness (QED) is 0.689. The lowest BCUT2D eigenvalue weighted by Gasteiger charge is -2.21. The first-order valence-corrected chi connectivity index (χ1v) is 9.22. The van der Waals surface area contributed by atoms with Crippen LogP contribution in [0.3, 0.4) is 0 Å². The van der Waals surface area contributed by atoms with Crippen molar-refractivity contribution in [3.8, 4) is 11.5 Å². The molecular formula is C20H21BrNO5-. The molecule has 0 aliphatic carbocycles. The first-order chi connectivity index (χ1) is 12.8. The Balaban J connectivity index is 2.30. The van der Waals surface area contributed by atoms with Crippen molar-refractivity contribution in [2.24, 2.45) is 0 Å². The van der Waals surface area contributed by atoms with Crippen LogP contribution in [0.4, 0.5) is 0 Å². The Labute approximate surface area is 166 Å². The van der Waals surface area contributed by atoms with Crippen LogP contribution in [0.2, 0.25) is 0 Å². The Hall–Kier alpha value is -2.54. The summed E-state index contributed by atoms with van der Waals surface area (Å²) in [7, 11) is 1.50. The van der Waals surface area contributed by atoms with Crippen LogP contribution in [0.5, 0.6) is 11.5 Å². The van der Waals surface area contributed by atoms with E-state index in [4.69, 9.17) is 9.47 Å². The molecule has 0 saturated carbocycles. The number of aliphatic carboxylic acids is 1. The minimum Gasteiger partial charge on any atom is -0.550 e. The topological polar surface area (TPSA) is 87.7 Å². The number of amides is 1. The summed E-state index contributed by atoms with van der Waals surface area (Å²) in [5.74, 6) is -0.636. The van der Waals surface area contributed by atoms with Crippen LogP contribution >= 0.6 is 15.9 Å². The van der Waals surface area contributed by atoms with E-state index in [-0.39, 0.29) is 12.3 Å². The average molecular weight is 435 g/mol. The first kappa shape index (κ1) is 20.8. The molecule has 2 aromatic rings. The van der Waals surface area contributed by atoms with Crippen LogP contribution < -0.4 is 19.9 Å². The molecule has 1 amide bonds. The number of halogens is 1. The standard InChI is InChI=1S/C20H22BrNO5/c1-4-27-17-8-7-13(10-18(17)26-3)16(11-19(23)24)22-20(25)14-6-5-12(2)15(21)9-14/h5-10,16H,4,11H2,1-3H3,(H,22,25)(H,23,24)/p-1. The van der Waals surface area contributed by atoms with Gasteiger partial charge in [-0.3, -0.25) is 4.79 Å². The van der Waals surface area contributed by atoms with Gasteiger partial charge in [-0.1, -0.05) is 28.1 Å². The van der Waals surface area contributed by atoms with Crippen LogP contribution in [-0.2, 0) is 4.79 Å². The minimum absolute atomic E-state index is 0.365. The van der Waals surface area contributed by atoms with Crippen molar-refractivity contribution in [1.82, 2.24) is 5.32 Å². The zero-order chi connectivity index (χ0) is 20.0. The number of methoxy groups -OCH3 is 1. The molecule has 2 aromatic carbocycles. The summed E-state index contributed by atoms with van der Waals surface area (Å²) in [6.45, 7) is 4.24. The molecule has 0 radical (unpaired) electrons. The maximum atomic E-state index is 12.6. The van der Waals surface area contributed by atoms with E-state index in [0.29, 0.717) is 29.2 Å². The van der Waals surface area contributed by atoms with Gasteiger partial charge < -0.3 is 24.7 Å². The summed E-state index contributed by atoms with van der Waals surface area (Å²) in [5, 5.41) is 14.0. The Bertz CT molecular complexity index is 837. The molecule has 0 fully saturated rings. The van der Waals surface area contributed by atoms with Crippen molar-refractivity contribution in [3.05, 3.63) is 57.6 Å². The number of carboxylic acids is 1. The summed E-state index contributed by atoms with van der Waals surface area (Å²) in [6, 6.07) is 9.47. The van der Waals surface area contributed by atoms with Gasteiger partial charge in [0.1, 0.15) is 0 Å². The third-order valence-electron chi connectivity index (χ3n) is 4.00. The highest BCUT2D eigenvalue weighted by molar-refractivity contribution is 9.10. The van der Waals surface area contributed by atoms with E-state index in [9.17, 15) is 14.7 Å². The number of hydrogen-bond donors (Lipinski definition) is 1. The maximum Gasteiger partial charge on any atom is 0.251 e. The number of nitrogens with one attached hydrogen (secondary N) is 1. The van der Waals surface area contributed by atoms with Gasteiger partial charge in [-0.2, -0.15) is 0 Å². The van der Waals surface area contributed by atoms with Gasteiger partial charge in [0.05, 0.1) is 19.8 Å². The Morgan fingerprint density at radius 1 is 1.19 bits per heavy atom. The van der Waals surface area contributed by atoms with Crippen molar-refractivity contribution in [2.45, 2.75) is 26.3 Å². The molecule has 0 spiro atoms. The number of rotatable bonds is 8. The SMILES string of the molecule is CCOc1ccc(C(CC(=O)[O-])NC(=O)c2ccc(C)c(Br)c2)cc1OC. The molecule has 6 nitrogen and oxygen atoms in total. The smallest absolute Gasteiger partial charge is 0.251 e. The summed E-state index contributed by atoms with van der Waals surface area (Å²) in [4.78, 5) is 23.8. The molecule has 0 bridgehead atoms. The number of hydrogen-bond acceptors (Lipinski definition) is 5. The second-order valence-corrected chi connectivity index (χ2v) is 6.76. The largest absolute Gasteiger partial charge is 0.550 e. The van der Waals surface area contributed by atoms with Gasteiger partial charge in [-0.25, -0.2) is 0 Å². The van der Waals surface area contributed by atoms with Gasteiger partial charge in [0, 0.05) is 22.4 Å². The Kier molecular flexibility index (Phi) is 7.24. The number of carbonyl (C=O) groups is 2. The molecule has 1 N–H and O–H groups in total. The maximum absolute atomic E-state index is 12.6. The molecule has 2 rings (SSSR count). The predicted molar refractivity (Wildman–Crippen MR) is 103 cm³/mol. The summed E-state index contributed by atoms with van der Waals surface area (Å²) in [6.07, 6.45) is -0.365. The normalized spacial score (nSPS) is 11.6. The molecule has 1 unspecified atom stereocenters. The van der Waals surface area contributed by atoms with Crippen molar-refractivity contribution in [2.75, 3.05) is 13.7 Å². The van der Waals surface area contributed by atoms with Crippen LogP contribution in [0.1, 0.15) is 40.9 Å². The number of benzene rings is 2. The fraction of sp³-hybridized carbons (Fsp3) is 0.300. The number of carbonyl (C=O) groups excluding carboxylic acids is 2. The Morgan fingerprint density at radius 3 is 2.52 bits per heavy atom. The molecule has 144 valence electrons. The molecule has 27 heavy (non-hydrogen) atoms. The highest BCUT2D eigenvalue weighted by atomic mass is 79.9. The zero-order valence-electron chi connectivity index (χ0n) is 15.4. The lowest BCUT2D eigenvalue weighted by molar-refractivity contribution is -0.306. The summed E-state index contributed by atoms with van der Waals surface area (Å²) >= 11 is 3.39. The van der Waals surface area contributed by atoms with Gasteiger partial charge in [-0.15, -0.1) is 0 Å². The van der Waals surface area contributed by atoms with Gasteiger partial charge in [0.2, 0.25) is 0 Å². The molecular weight excluding hydrogens is 414 g/mol. The van der Waals surface area contributed by atoms with Crippen LogP contribution in [0, 0.1) is 6.92 Å². The van der Waals surface area contributed by atoms with Crippen molar-refractivity contribution < 1.29 is 24.2 Å². The Morgan fingerprint density at radius 2 is 1.93 bits per heavy atom. The van der Waals surface area contributed by atoms with Crippen LogP contribution in [-0.4, -0.2) is 25.6 Å². The minimum atomic E-state index is -1.27. The molecule has 0 heterocycles. The van der Waals surface area contributed by atoms with Gasteiger partial charge in [0.25, 0.3) is 5.91 Å². The summed E-state index contributed by atoms with van der Waals surface area (Å²) in [5.41, 5.74) is 2.00. The molecule has 7 heteroatoms. The van der Waals surface area contributed by atoms with E-state index in [1.54, 1.807) is 30.3 Å². The highest BCUT2D eigenvalue weighted by Crippen LogP contribution is 2.31. The monoisotopic (exact) mass is 434 g/mol.